The van der Waals surface area contributed by atoms with E-state index in [1.165, 1.54) is 19.4 Å². The number of dihydropyridines is 1. The van der Waals surface area contributed by atoms with Gasteiger partial charge in [0.2, 0.25) is 5.88 Å². The van der Waals surface area contributed by atoms with Gasteiger partial charge >= 0.3 is 0 Å². The lowest BCUT2D eigenvalue weighted by Crippen LogP contribution is -2.21. The summed E-state index contributed by atoms with van der Waals surface area (Å²) in [5.74, 6) is 4.45. The van der Waals surface area contributed by atoms with Gasteiger partial charge in [0, 0.05) is 24.7 Å². The largest absolute Gasteiger partial charge is 0.482 e. The molecule has 0 spiro atoms. The zero-order valence-corrected chi connectivity index (χ0v) is 18.3. The van der Waals surface area contributed by atoms with Crippen LogP contribution in [-0.4, -0.2) is 26.9 Å². The summed E-state index contributed by atoms with van der Waals surface area (Å²) in [6.07, 6.45) is 3.36. The normalized spacial score (nSPS) is 14.4. The molecule has 160 valence electrons. The van der Waals surface area contributed by atoms with E-state index in [0.717, 1.165) is 18.0 Å². The standard InChI is InChI=1S/C20H22ClF2N5OS/c1-12(25-2)19(24)26-9-5-4-6-14-15(22)7-8-16(18(14)23)28-30-17-10-13(21)11-27-20(17)29-3/h7-10,25,27-28H,5,11,24H2,1-3H3/b19-12-,26-9-. The van der Waals surface area contributed by atoms with Gasteiger partial charge in [0.25, 0.3) is 0 Å². The van der Waals surface area contributed by atoms with E-state index < -0.39 is 11.6 Å². The first-order valence-corrected chi connectivity index (χ1v) is 10.0. The van der Waals surface area contributed by atoms with E-state index >= 15 is 0 Å². The van der Waals surface area contributed by atoms with Gasteiger partial charge in [-0.3, -0.25) is 0 Å². The molecule has 0 saturated heterocycles. The second-order valence-electron chi connectivity index (χ2n) is 5.91. The number of nitrogens with zero attached hydrogens (tertiary/aromatic N) is 1. The molecule has 1 heterocycles. The summed E-state index contributed by atoms with van der Waals surface area (Å²) in [5, 5.41) is 6.44. The molecule has 6 nitrogen and oxygen atoms in total. The molecule has 0 radical (unpaired) electrons. The van der Waals surface area contributed by atoms with Gasteiger partial charge in [0.05, 0.1) is 35.5 Å². The van der Waals surface area contributed by atoms with Crippen LogP contribution < -0.4 is 21.1 Å². The second kappa shape index (κ2) is 11.4. The summed E-state index contributed by atoms with van der Waals surface area (Å²) in [4.78, 5) is 4.64. The topological polar surface area (TPSA) is 83.7 Å². The number of hydrogen-bond donors (Lipinski definition) is 4. The van der Waals surface area contributed by atoms with E-state index in [2.05, 4.69) is 32.2 Å². The van der Waals surface area contributed by atoms with Crippen molar-refractivity contribution in [2.24, 2.45) is 10.7 Å². The molecule has 0 atom stereocenters. The van der Waals surface area contributed by atoms with Crippen LogP contribution in [0.25, 0.3) is 0 Å². The van der Waals surface area contributed by atoms with E-state index in [0.29, 0.717) is 33.9 Å². The molecule has 0 aliphatic carbocycles. The van der Waals surface area contributed by atoms with Gasteiger partial charge in [0.1, 0.15) is 11.6 Å². The predicted molar refractivity (Wildman–Crippen MR) is 119 cm³/mol. The Morgan fingerprint density at radius 3 is 2.93 bits per heavy atom. The van der Waals surface area contributed by atoms with Crippen molar-refractivity contribution in [2.75, 3.05) is 25.4 Å². The number of nitrogens with one attached hydrogen (secondary N) is 3. The molecule has 5 N–H and O–H groups in total. The molecular formula is C20H22ClF2N5OS. The van der Waals surface area contributed by atoms with Crippen LogP contribution in [0, 0.1) is 23.5 Å². The predicted octanol–water partition coefficient (Wildman–Crippen LogP) is 3.75. The van der Waals surface area contributed by atoms with E-state index in [-0.39, 0.29) is 17.7 Å². The number of aliphatic imine (C=N–C) groups is 1. The Balaban J connectivity index is 2.13. The molecule has 0 amide bonds. The average molecular weight is 454 g/mol. The minimum absolute atomic E-state index is 0.0780. The number of allylic oxidation sites excluding steroid dienone is 2. The van der Waals surface area contributed by atoms with Crippen molar-refractivity contribution in [1.82, 2.24) is 10.6 Å². The number of nitrogens with two attached hydrogens (primary N) is 1. The third-order valence-corrected chi connectivity index (χ3v) is 4.98. The Morgan fingerprint density at radius 1 is 1.47 bits per heavy atom. The van der Waals surface area contributed by atoms with Crippen molar-refractivity contribution in [2.45, 2.75) is 13.3 Å². The van der Waals surface area contributed by atoms with Crippen LogP contribution in [-0.2, 0) is 4.74 Å². The Morgan fingerprint density at radius 2 is 2.23 bits per heavy atom. The summed E-state index contributed by atoms with van der Waals surface area (Å²) in [6.45, 7) is 2.22. The van der Waals surface area contributed by atoms with Gasteiger partial charge in [-0.15, -0.1) is 0 Å². The van der Waals surface area contributed by atoms with E-state index in [1.54, 1.807) is 20.0 Å². The lowest BCUT2D eigenvalue weighted by atomic mass is 10.1. The van der Waals surface area contributed by atoms with E-state index in [9.17, 15) is 8.78 Å². The third-order valence-electron chi connectivity index (χ3n) is 3.89. The lowest BCUT2D eigenvalue weighted by molar-refractivity contribution is 0.262. The summed E-state index contributed by atoms with van der Waals surface area (Å²) >= 11 is 7.10. The number of methoxy groups -OCH3 is 1. The highest BCUT2D eigenvalue weighted by atomic mass is 35.5. The quantitative estimate of drug-likeness (QED) is 0.286. The van der Waals surface area contributed by atoms with Crippen LogP contribution in [0.4, 0.5) is 14.5 Å². The first-order chi connectivity index (χ1) is 14.4. The third kappa shape index (κ3) is 6.34. The van der Waals surface area contributed by atoms with Crippen molar-refractivity contribution in [1.29, 1.82) is 0 Å². The highest BCUT2D eigenvalue weighted by Gasteiger charge is 2.16. The Bertz CT molecular complexity index is 979. The molecule has 30 heavy (non-hydrogen) atoms. The fourth-order valence-electron chi connectivity index (χ4n) is 2.17. The molecular weight excluding hydrogens is 432 g/mol. The number of benzene rings is 1. The van der Waals surface area contributed by atoms with Gasteiger partial charge < -0.3 is 25.8 Å². The molecule has 1 aromatic rings. The minimum atomic E-state index is -0.796. The Kier molecular flexibility index (Phi) is 8.89. The van der Waals surface area contributed by atoms with Crippen LogP contribution >= 0.6 is 23.5 Å². The highest BCUT2D eigenvalue weighted by Crippen LogP contribution is 2.30. The van der Waals surface area contributed by atoms with Crippen molar-refractivity contribution >= 4 is 35.5 Å². The van der Waals surface area contributed by atoms with E-state index in [1.807, 2.05) is 0 Å². The van der Waals surface area contributed by atoms with Crippen molar-refractivity contribution in [3.8, 4) is 11.8 Å². The molecule has 0 unspecified atom stereocenters. The number of ether oxygens (including phenoxy) is 1. The van der Waals surface area contributed by atoms with Gasteiger partial charge in [-0.1, -0.05) is 23.4 Å². The molecule has 0 fully saturated rings. The SMILES string of the molecule is CN/C(C)=C(N)\N=C/CC#Cc1c(F)ccc(NSC2=C(OC)NCC(Cl)=C2)c1F. The van der Waals surface area contributed by atoms with Crippen LogP contribution in [0.15, 0.2) is 50.5 Å². The number of hydrogen-bond acceptors (Lipinski definition) is 7. The minimum Gasteiger partial charge on any atom is -0.482 e. The fourth-order valence-corrected chi connectivity index (χ4v) is 3.24. The maximum Gasteiger partial charge on any atom is 0.202 e. The maximum absolute atomic E-state index is 14.7. The number of anilines is 1. The molecule has 10 heteroatoms. The molecule has 1 aliphatic heterocycles. The number of rotatable bonds is 7. The summed E-state index contributed by atoms with van der Waals surface area (Å²) in [6, 6.07) is 2.44. The Hall–Kier alpha value is -2.83. The first-order valence-electron chi connectivity index (χ1n) is 8.81. The zero-order chi connectivity index (χ0) is 22.1. The van der Waals surface area contributed by atoms with Crippen molar-refractivity contribution in [3.63, 3.8) is 0 Å². The molecule has 0 saturated carbocycles. The number of halogens is 3. The second-order valence-corrected chi connectivity index (χ2v) is 7.24. The fraction of sp³-hybridized carbons (Fsp3) is 0.250. The van der Waals surface area contributed by atoms with Gasteiger partial charge in [-0.25, -0.2) is 13.8 Å². The monoisotopic (exact) mass is 453 g/mol. The van der Waals surface area contributed by atoms with Crippen molar-refractivity contribution in [3.05, 3.63) is 62.7 Å². The van der Waals surface area contributed by atoms with Gasteiger partial charge in [-0.05, 0) is 37.1 Å². The van der Waals surface area contributed by atoms with Crippen LogP contribution in [0.1, 0.15) is 18.9 Å². The highest BCUT2D eigenvalue weighted by molar-refractivity contribution is 8.04. The molecule has 1 aliphatic rings. The molecule has 2 rings (SSSR count). The summed E-state index contributed by atoms with van der Waals surface area (Å²) < 4.78 is 36.9. The van der Waals surface area contributed by atoms with Gasteiger partial charge in [-0.2, -0.15) is 0 Å². The van der Waals surface area contributed by atoms with Crippen molar-refractivity contribution < 1.29 is 13.5 Å². The molecule has 1 aromatic carbocycles. The molecule has 0 bridgehead atoms. The smallest absolute Gasteiger partial charge is 0.202 e. The summed E-state index contributed by atoms with van der Waals surface area (Å²) in [7, 11) is 3.24. The summed E-state index contributed by atoms with van der Waals surface area (Å²) in [5.41, 5.74) is 6.18. The Labute approximate surface area is 183 Å². The lowest BCUT2D eigenvalue weighted by Gasteiger charge is -2.18. The van der Waals surface area contributed by atoms with E-state index in [4.69, 9.17) is 22.1 Å². The van der Waals surface area contributed by atoms with Gasteiger partial charge in [0.15, 0.2) is 5.82 Å². The van der Waals surface area contributed by atoms with Crippen LogP contribution in [0.5, 0.6) is 0 Å². The maximum atomic E-state index is 14.7. The zero-order valence-electron chi connectivity index (χ0n) is 16.7. The molecule has 0 aromatic heterocycles. The first kappa shape index (κ1) is 23.4. The van der Waals surface area contributed by atoms with Crippen LogP contribution in [0.2, 0.25) is 0 Å². The van der Waals surface area contributed by atoms with Crippen LogP contribution in [0.3, 0.4) is 0 Å². The average Bonchev–Trinajstić information content (AvgIpc) is 2.74.